The van der Waals surface area contributed by atoms with E-state index < -0.39 is 18.8 Å². The molecule has 0 bridgehead atoms. The van der Waals surface area contributed by atoms with Crippen LogP contribution in [0.15, 0.2) is 59.2 Å². The van der Waals surface area contributed by atoms with E-state index in [1.54, 1.807) is 38.8 Å². The Balaban J connectivity index is 0.814. The van der Waals surface area contributed by atoms with Gasteiger partial charge in [0, 0.05) is 110 Å². The molecule has 64 heavy (non-hydrogen) atoms. The number of benzene rings is 3. The van der Waals surface area contributed by atoms with Crippen LogP contribution in [0.1, 0.15) is 79.7 Å². The molecule has 3 N–H and O–H groups in total. The molecule has 3 saturated heterocycles. The Morgan fingerprint density at radius 2 is 1.66 bits per heavy atom. The maximum atomic E-state index is 15.1. The Bertz CT molecular complexity index is 2510. The van der Waals surface area contributed by atoms with Crippen LogP contribution in [0.3, 0.4) is 0 Å². The summed E-state index contributed by atoms with van der Waals surface area (Å²) in [5.41, 5.74) is 6.87. The second-order valence-electron chi connectivity index (χ2n) is 18.4. The number of hydrogen-bond acceptors (Lipinski definition) is 11. The number of piperazine rings is 1. The lowest BCUT2D eigenvalue weighted by Gasteiger charge is -2.43. The summed E-state index contributed by atoms with van der Waals surface area (Å²) < 4.78 is 50.6. The molecule has 1 atom stereocenters. The Morgan fingerprint density at radius 3 is 2.33 bits per heavy atom. The smallest absolute Gasteiger partial charge is 0.229 e. The van der Waals surface area contributed by atoms with Gasteiger partial charge in [0.2, 0.25) is 5.95 Å². The van der Waals surface area contributed by atoms with Gasteiger partial charge >= 0.3 is 0 Å². The number of nitrogens with one attached hydrogen (secondary N) is 3. The van der Waals surface area contributed by atoms with Crippen LogP contribution in [0.2, 0.25) is 0 Å². The van der Waals surface area contributed by atoms with Gasteiger partial charge in [0.1, 0.15) is 30.3 Å². The van der Waals surface area contributed by atoms with Crippen LogP contribution in [0.5, 0.6) is 5.75 Å². The van der Waals surface area contributed by atoms with Gasteiger partial charge in [0.15, 0.2) is 0 Å². The number of nitrogens with zero attached hydrogens (tertiary/aromatic N) is 6. The lowest BCUT2D eigenvalue weighted by molar-refractivity contribution is 0.0855. The SMILES string of the molecule is CCc1cc(Nc2ncc(Br)c(Nc3ccc4nc(C5CC5)ccc4c3P(C)(C)=O)n2)c(OC)cc1N1CCC(N2CCN(CCc3cc(F)c(C4CCCNC4)c(F)c3)CC2)CC1. The number of aryl methyl sites for hydroxylation is 1. The molecule has 0 radical (unpaired) electrons. The highest BCUT2D eigenvalue weighted by Gasteiger charge is 2.30. The summed E-state index contributed by atoms with van der Waals surface area (Å²) in [7, 11) is -1.04. The standard InChI is InChI=1S/C49H61BrF2N9O2P/c1-5-32-27-43(57-49-54-30-37(50)48(58-49)56-42-13-12-41-36(47(42)64(3,4)62)10-11-40(55-41)33-8-9-33)45(63-2)28-44(32)61-19-15-35(16-20-61)60-23-21-59(22-24-60)18-14-31-25-38(51)46(39(52)26-31)34-7-6-17-53-29-34/h10-13,25-28,30,33-35,53H,5-9,14-24,29H2,1-4H3,(H2,54,56,57,58). The molecule has 2 aromatic heterocycles. The third kappa shape index (κ3) is 9.96. The van der Waals surface area contributed by atoms with Crippen molar-refractivity contribution in [2.45, 2.75) is 76.2 Å². The van der Waals surface area contributed by atoms with Crippen LogP contribution in [0.4, 0.5) is 37.6 Å². The van der Waals surface area contributed by atoms with Gasteiger partial charge in [-0.2, -0.15) is 4.98 Å². The minimum Gasteiger partial charge on any atom is -0.494 e. The largest absolute Gasteiger partial charge is 0.494 e. The molecule has 3 aliphatic heterocycles. The second kappa shape index (κ2) is 19.3. The molecule has 1 saturated carbocycles. The van der Waals surface area contributed by atoms with Crippen molar-refractivity contribution in [3.8, 4) is 5.75 Å². The first kappa shape index (κ1) is 45.0. The molecule has 4 aliphatic rings. The van der Waals surface area contributed by atoms with Crippen LogP contribution in [-0.4, -0.2) is 110 Å². The lowest BCUT2D eigenvalue weighted by atomic mass is 9.90. The summed E-state index contributed by atoms with van der Waals surface area (Å²) in [5, 5.41) is 11.8. The van der Waals surface area contributed by atoms with E-state index in [0.29, 0.717) is 46.9 Å². The van der Waals surface area contributed by atoms with Crippen molar-refractivity contribution < 1.29 is 18.1 Å². The van der Waals surface area contributed by atoms with E-state index in [0.717, 1.165) is 123 Å². The molecule has 1 unspecified atom stereocenters. The van der Waals surface area contributed by atoms with Gasteiger partial charge in [-0.05, 0) is 135 Å². The zero-order chi connectivity index (χ0) is 44.5. The number of piperidine rings is 2. The first-order chi connectivity index (χ1) is 30.9. The lowest BCUT2D eigenvalue weighted by Crippen LogP contribution is -2.53. The van der Waals surface area contributed by atoms with Crippen molar-refractivity contribution in [3.63, 3.8) is 0 Å². The first-order valence-corrected chi connectivity index (χ1v) is 26.5. The molecule has 340 valence electrons. The number of fused-ring (bicyclic) bond motifs is 1. The fourth-order valence-electron chi connectivity index (χ4n) is 10.1. The highest BCUT2D eigenvalue weighted by molar-refractivity contribution is 9.10. The molecule has 15 heteroatoms. The number of pyridine rings is 1. The maximum Gasteiger partial charge on any atom is 0.229 e. The van der Waals surface area contributed by atoms with Gasteiger partial charge in [-0.3, -0.25) is 9.88 Å². The quantitative estimate of drug-likeness (QED) is 0.0927. The molecule has 9 rings (SSSR count). The van der Waals surface area contributed by atoms with Gasteiger partial charge < -0.3 is 35.1 Å². The zero-order valence-corrected chi connectivity index (χ0v) is 40.0. The number of ether oxygens (including phenoxy) is 1. The Kier molecular flexibility index (Phi) is 13.6. The number of methoxy groups -OCH3 is 1. The number of halogens is 3. The van der Waals surface area contributed by atoms with Gasteiger partial charge in [-0.15, -0.1) is 0 Å². The third-order valence-corrected chi connectivity index (χ3v) is 15.9. The summed E-state index contributed by atoms with van der Waals surface area (Å²) >= 11 is 3.64. The number of aromatic nitrogens is 3. The average molecular weight is 957 g/mol. The Morgan fingerprint density at radius 1 is 0.891 bits per heavy atom. The maximum absolute atomic E-state index is 15.1. The molecule has 0 spiro atoms. The van der Waals surface area contributed by atoms with E-state index >= 15 is 8.78 Å². The Hall–Kier alpha value is -4.20. The zero-order valence-electron chi connectivity index (χ0n) is 37.5. The Labute approximate surface area is 384 Å². The summed E-state index contributed by atoms with van der Waals surface area (Å²) in [6, 6.07) is 16.0. The van der Waals surface area contributed by atoms with Crippen LogP contribution >= 0.6 is 23.1 Å². The molecule has 3 aromatic carbocycles. The molecule has 5 aromatic rings. The van der Waals surface area contributed by atoms with E-state index in [2.05, 4.69) is 82.8 Å². The van der Waals surface area contributed by atoms with Crippen LogP contribution in [0.25, 0.3) is 10.9 Å². The molecule has 0 amide bonds. The molecular weight excluding hydrogens is 895 g/mol. The van der Waals surface area contributed by atoms with Crippen molar-refractivity contribution in [2.75, 3.05) is 94.9 Å². The van der Waals surface area contributed by atoms with Gasteiger partial charge in [-0.1, -0.05) is 13.0 Å². The van der Waals surface area contributed by atoms with E-state index in [-0.39, 0.29) is 11.5 Å². The molecule has 4 fully saturated rings. The fraction of sp³-hybridized carbons (Fsp3) is 0.490. The van der Waals surface area contributed by atoms with E-state index in [1.165, 1.54) is 24.1 Å². The minimum atomic E-state index is -2.73. The van der Waals surface area contributed by atoms with Gasteiger partial charge in [-0.25, -0.2) is 13.8 Å². The van der Waals surface area contributed by atoms with Crippen molar-refractivity contribution in [2.24, 2.45) is 0 Å². The van der Waals surface area contributed by atoms with Crippen molar-refractivity contribution in [1.82, 2.24) is 30.1 Å². The van der Waals surface area contributed by atoms with Crippen LogP contribution in [0, 0.1) is 11.6 Å². The first-order valence-electron chi connectivity index (χ1n) is 23.1. The van der Waals surface area contributed by atoms with Gasteiger partial charge in [0.25, 0.3) is 0 Å². The number of hydrogen-bond donors (Lipinski definition) is 3. The predicted molar refractivity (Wildman–Crippen MR) is 260 cm³/mol. The second-order valence-corrected chi connectivity index (χ2v) is 22.4. The topological polar surface area (TPSA) is 111 Å². The summed E-state index contributed by atoms with van der Waals surface area (Å²) in [5.74, 6) is 1.32. The summed E-state index contributed by atoms with van der Waals surface area (Å²) in [6.45, 7) is 14.0. The predicted octanol–water partition coefficient (Wildman–Crippen LogP) is 9.55. The van der Waals surface area contributed by atoms with E-state index in [9.17, 15) is 4.57 Å². The number of rotatable bonds is 14. The third-order valence-electron chi connectivity index (χ3n) is 13.7. The molecule has 1 aliphatic carbocycles. The number of anilines is 5. The van der Waals surface area contributed by atoms with E-state index in [1.807, 2.05) is 12.1 Å². The summed E-state index contributed by atoms with van der Waals surface area (Å²) in [6.07, 6.45) is 9.50. The van der Waals surface area contributed by atoms with Crippen LogP contribution in [-0.2, 0) is 17.4 Å². The fourth-order valence-corrected chi connectivity index (χ4v) is 11.9. The highest BCUT2D eigenvalue weighted by Crippen LogP contribution is 2.44. The molecule has 5 heterocycles. The van der Waals surface area contributed by atoms with E-state index in [4.69, 9.17) is 14.7 Å². The van der Waals surface area contributed by atoms with Crippen LogP contribution < -0.4 is 30.9 Å². The average Bonchev–Trinajstić information content (AvgIpc) is 4.15. The highest BCUT2D eigenvalue weighted by atomic mass is 79.9. The monoisotopic (exact) mass is 955 g/mol. The summed E-state index contributed by atoms with van der Waals surface area (Å²) in [4.78, 5) is 22.0. The van der Waals surface area contributed by atoms with Crippen molar-refractivity contribution >= 4 is 68.1 Å². The molecule has 11 nitrogen and oxygen atoms in total. The van der Waals surface area contributed by atoms with Crippen molar-refractivity contribution in [1.29, 1.82) is 0 Å². The normalized spacial score (nSPS) is 19.3. The minimum absolute atomic E-state index is 0.0865. The van der Waals surface area contributed by atoms with Gasteiger partial charge in [0.05, 0.1) is 28.5 Å². The molecular formula is C49H61BrF2N9O2P. The van der Waals surface area contributed by atoms with Crippen molar-refractivity contribution in [3.05, 3.63) is 93.2 Å².